The Morgan fingerprint density at radius 1 is 1.41 bits per heavy atom. The first-order valence-electron chi connectivity index (χ1n) is 4.85. The van der Waals surface area contributed by atoms with E-state index in [0.717, 1.165) is 0 Å². The molecular formula is C11H13N3O2S. The number of hydrogen-bond donors (Lipinski definition) is 0. The summed E-state index contributed by atoms with van der Waals surface area (Å²) in [7, 11) is -0.481. The second-order valence-electron chi connectivity index (χ2n) is 3.72. The average Bonchev–Trinajstić information content (AvgIpc) is 2.26. The second kappa shape index (κ2) is 4.97. The monoisotopic (exact) mass is 251 g/mol. The zero-order valence-corrected chi connectivity index (χ0v) is 10.7. The van der Waals surface area contributed by atoms with Gasteiger partial charge >= 0.3 is 0 Å². The van der Waals surface area contributed by atoms with E-state index in [2.05, 4.69) is 4.40 Å². The molecule has 0 aliphatic heterocycles. The quantitative estimate of drug-likeness (QED) is 0.596. The SMILES string of the molecule is Cc1cccc(S(=O)(=O)/N=C/N(C)C)c1C#N. The predicted octanol–water partition coefficient (Wildman–Crippen LogP) is 1.15. The van der Waals surface area contributed by atoms with Crippen LogP contribution in [0.4, 0.5) is 0 Å². The molecule has 1 aromatic rings. The summed E-state index contributed by atoms with van der Waals surface area (Å²) in [6.07, 6.45) is 1.19. The maximum absolute atomic E-state index is 11.9. The highest BCUT2D eigenvalue weighted by atomic mass is 32.2. The van der Waals surface area contributed by atoms with E-state index in [9.17, 15) is 8.42 Å². The van der Waals surface area contributed by atoms with Crippen LogP contribution in [0, 0.1) is 18.3 Å². The second-order valence-corrected chi connectivity index (χ2v) is 5.32. The lowest BCUT2D eigenvalue weighted by Gasteiger charge is -2.05. The van der Waals surface area contributed by atoms with Crippen molar-refractivity contribution in [1.82, 2.24) is 4.90 Å². The summed E-state index contributed by atoms with van der Waals surface area (Å²) in [5.74, 6) is 0. The first-order chi connectivity index (χ1) is 7.88. The molecule has 0 fully saturated rings. The molecule has 0 spiro atoms. The summed E-state index contributed by atoms with van der Waals surface area (Å²) in [6.45, 7) is 1.69. The molecule has 1 aromatic carbocycles. The van der Waals surface area contributed by atoms with Crippen molar-refractivity contribution in [2.45, 2.75) is 11.8 Å². The van der Waals surface area contributed by atoms with Gasteiger partial charge in [-0.1, -0.05) is 12.1 Å². The first-order valence-corrected chi connectivity index (χ1v) is 6.29. The van der Waals surface area contributed by atoms with Crippen LogP contribution in [0.25, 0.3) is 0 Å². The van der Waals surface area contributed by atoms with Crippen molar-refractivity contribution in [1.29, 1.82) is 5.26 Å². The fraction of sp³-hybridized carbons (Fsp3) is 0.273. The number of nitrogens with zero attached hydrogens (tertiary/aromatic N) is 3. The average molecular weight is 251 g/mol. The summed E-state index contributed by atoms with van der Waals surface area (Å²) < 4.78 is 27.3. The summed E-state index contributed by atoms with van der Waals surface area (Å²) in [5, 5.41) is 8.96. The van der Waals surface area contributed by atoms with E-state index < -0.39 is 10.0 Å². The van der Waals surface area contributed by atoms with Gasteiger partial charge in [-0.3, -0.25) is 0 Å². The van der Waals surface area contributed by atoms with Crippen molar-refractivity contribution < 1.29 is 8.42 Å². The van der Waals surface area contributed by atoms with Crippen molar-refractivity contribution in [3.8, 4) is 6.07 Å². The fourth-order valence-corrected chi connectivity index (χ4v) is 2.35. The van der Waals surface area contributed by atoms with E-state index in [1.165, 1.54) is 17.3 Å². The number of hydrogen-bond acceptors (Lipinski definition) is 3. The van der Waals surface area contributed by atoms with Gasteiger partial charge in [0.1, 0.15) is 17.3 Å². The number of aryl methyl sites for hydroxylation is 1. The molecule has 0 atom stereocenters. The minimum Gasteiger partial charge on any atom is -0.368 e. The van der Waals surface area contributed by atoms with Gasteiger partial charge in [-0.2, -0.15) is 13.7 Å². The van der Waals surface area contributed by atoms with Gasteiger partial charge in [0, 0.05) is 14.1 Å². The van der Waals surface area contributed by atoms with Crippen molar-refractivity contribution >= 4 is 16.4 Å². The zero-order chi connectivity index (χ0) is 13.1. The van der Waals surface area contributed by atoms with Crippen LogP contribution in [0.2, 0.25) is 0 Å². The van der Waals surface area contributed by atoms with Gasteiger partial charge in [0.05, 0.1) is 5.56 Å². The Morgan fingerprint density at radius 3 is 2.59 bits per heavy atom. The number of benzene rings is 1. The van der Waals surface area contributed by atoms with E-state index in [1.54, 1.807) is 33.2 Å². The summed E-state index contributed by atoms with van der Waals surface area (Å²) in [4.78, 5) is 1.46. The topological polar surface area (TPSA) is 73.5 Å². The van der Waals surface area contributed by atoms with E-state index in [-0.39, 0.29) is 10.5 Å². The first kappa shape index (κ1) is 13.2. The third-order valence-corrected chi connectivity index (χ3v) is 3.31. The molecule has 0 unspecified atom stereocenters. The largest absolute Gasteiger partial charge is 0.368 e. The van der Waals surface area contributed by atoms with Crippen LogP contribution >= 0.6 is 0 Å². The summed E-state index contributed by atoms with van der Waals surface area (Å²) in [5.41, 5.74) is 0.761. The molecule has 17 heavy (non-hydrogen) atoms. The Hall–Kier alpha value is -1.87. The lowest BCUT2D eigenvalue weighted by molar-refractivity contribution is 0.594. The molecule has 0 aromatic heterocycles. The molecule has 0 amide bonds. The Kier molecular flexibility index (Phi) is 3.86. The van der Waals surface area contributed by atoms with Crippen molar-refractivity contribution in [2.75, 3.05) is 14.1 Å². The van der Waals surface area contributed by atoms with Crippen molar-refractivity contribution in [3.05, 3.63) is 29.3 Å². The third kappa shape index (κ3) is 3.04. The molecule has 1 rings (SSSR count). The van der Waals surface area contributed by atoms with Crippen LogP contribution < -0.4 is 0 Å². The summed E-state index contributed by atoms with van der Waals surface area (Å²) in [6, 6.07) is 6.55. The number of rotatable bonds is 3. The smallest absolute Gasteiger partial charge is 0.285 e. The number of nitriles is 1. The molecule has 0 bridgehead atoms. The standard InChI is InChI=1S/C11H13N3O2S/c1-9-5-4-6-11(10(9)7-12)17(15,16)13-8-14(2)3/h4-6,8H,1-3H3/b13-8+. The van der Waals surface area contributed by atoms with E-state index >= 15 is 0 Å². The van der Waals surface area contributed by atoms with Gasteiger partial charge in [-0.05, 0) is 18.6 Å². The normalized spacial score (nSPS) is 11.4. The molecule has 0 aliphatic carbocycles. The minimum absolute atomic E-state index is 0.0573. The molecular weight excluding hydrogens is 238 g/mol. The maximum Gasteiger partial charge on any atom is 0.285 e. The van der Waals surface area contributed by atoms with E-state index in [0.29, 0.717) is 5.56 Å². The molecule has 0 aliphatic rings. The van der Waals surface area contributed by atoms with Crippen LogP contribution in [0.3, 0.4) is 0 Å². The van der Waals surface area contributed by atoms with E-state index in [4.69, 9.17) is 5.26 Å². The maximum atomic E-state index is 11.9. The van der Waals surface area contributed by atoms with Gasteiger partial charge in [0.25, 0.3) is 10.0 Å². The van der Waals surface area contributed by atoms with Crippen LogP contribution in [-0.2, 0) is 10.0 Å². The minimum atomic E-state index is -3.82. The third-order valence-electron chi connectivity index (χ3n) is 2.04. The highest BCUT2D eigenvalue weighted by Crippen LogP contribution is 2.20. The lowest BCUT2D eigenvalue weighted by atomic mass is 10.1. The fourth-order valence-electron chi connectivity index (χ4n) is 1.21. The Balaban J connectivity index is 3.36. The Bertz CT molecular complexity index is 583. The van der Waals surface area contributed by atoms with Crippen LogP contribution in [0.1, 0.15) is 11.1 Å². The zero-order valence-electron chi connectivity index (χ0n) is 9.88. The van der Waals surface area contributed by atoms with Gasteiger partial charge < -0.3 is 4.90 Å². The molecule has 0 radical (unpaired) electrons. The van der Waals surface area contributed by atoms with Crippen LogP contribution in [0.15, 0.2) is 27.5 Å². The van der Waals surface area contributed by atoms with E-state index in [1.807, 2.05) is 6.07 Å². The van der Waals surface area contributed by atoms with Gasteiger partial charge in [-0.15, -0.1) is 4.40 Å². The Labute approximate surface area is 101 Å². The summed E-state index contributed by atoms with van der Waals surface area (Å²) >= 11 is 0. The molecule has 0 saturated carbocycles. The van der Waals surface area contributed by atoms with Crippen LogP contribution in [0.5, 0.6) is 0 Å². The van der Waals surface area contributed by atoms with Gasteiger partial charge in [0.15, 0.2) is 0 Å². The van der Waals surface area contributed by atoms with Gasteiger partial charge in [-0.25, -0.2) is 0 Å². The molecule has 0 heterocycles. The highest BCUT2D eigenvalue weighted by Gasteiger charge is 2.18. The molecule has 0 saturated heterocycles. The van der Waals surface area contributed by atoms with Crippen LogP contribution in [-0.4, -0.2) is 33.8 Å². The molecule has 90 valence electrons. The number of sulfonamides is 1. The Morgan fingerprint density at radius 2 is 2.06 bits per heavy atom. The molecule has 0 N–H and O–H groups in total. The predicted molar refractivity (Wildman–Crippen MR) is 65.3 cm³/mol. The van der Waals surface area contributed by atoms with Crippen molar-refractivity contribution in [3.63, 3.8) is 0 Å². The highest BCUT2D eigenvalue weighted by molar-refractivity contribution is 7.90. The molecule has 6 heteroatoms. The lowest BCUT2D eigenvalue weighted by Crippen LogP contribution is -2.11. The molecule has 5 nitrogen and oxygen atoms in total. The van der Waals surface area contributed by atoms with Crippen molar-refractivity contribution in [2.24, 2.45) is 4.40 Å². The van der Waals surface area contributed by atoms with Gasteiger partial charge in [0.2, 0.25) is 0 Å².